The van der Waals surface area contributed by atoms with Crippen molar-refractivity contribution in [2.24, 2.45) is 0 Å². The summed E-state index contributed by atoms with van der Waals surface area (Å²) in [5, 5.41) is 4.44. The smallest absolute Gasteiger partial charge is 0.225 e. The molecule has 1 N–H and O–H groups in total. The minimum absolute atomic E-state index is 0.0859. The van der Waals surface area contributed by atoms with Crippen LogP contribution in [-0.4, -0.2) is 18.8 Å². The number of methoxy groups -OCH3 is 1. The molecule has 24 heavy (non-hydrogen) atoms. The number of halogens is 3. The van der Waals surface area contributed by atoms with Gasteiger partial charge in [0.1, 0.15) is 5.75 Å². The second-order valence-corrected chi connectivity index (χ2v) is 7.30. The van der Waals surface area contributed by atoms with Gasteiger partial charge in [0, 0.05) is 22.9 Å². The summed E-state index contributed by atoms with van der Waals surface area (Å²) in [6.45, 7) is 0. The van der Waals surface area contributed by atoms with E-state index in [2.05, 4.69) is 5.32 Å². The highest BCUT2D eigenvalue weighted by Crippen LogP contribution is 2.28. The summed E-state index contributed by atoms with van der Waals surface area (Å²) in [7, 11) is 1.55. The molecule has 0 aliphatic rings. The molecule has 0 bridgehead atoms. The third-order valence-electron chi connectivity index (χ3n) is 3.16. The van der Waals surface area contributed by atoms with E-state index < -0.39 is 0 Å². The maximum absolute atomic E-state index is 12.0. The molecular weight excluding hydrogens is 389 g/mol. The predicted molar refractivity (Wildman–Crippen MR) is 104 cm³/mol. The van der Waals surface area contributed by atoms with Crippen LogP contribution in [0.3, 0.4) is 0 Å². The van der Waals surface area contributed by atoms with Gasteiger partial charge in [-0.2, -0.15) is 11.8 Å². The number of hydrogen-bond donors (Lipinski definition) is 1. The summed E-state index contributed by atoms with van der Waals surface area (Å²) < 4.78 is 5.20. The Hall–Kier alpha value is -1.07. The average Bonchev–Trinajstić information content (AvgIpc) is 2.55. The van der Waals surface area contributed by atoms with E-state index in [1.54, 1.807) is 43.1 Å². The number of thioether (sulfide) groups is 1. The topological polar surface area (TPSA) is 38.3 Å². The van der Waals surface area contributed by atoms with Gasteiger partial charge in [0.05, 0.1) is 22.8 Å². The summed E-state index contributed by atoms with van der Waals surface area (Å²) in [5.41, 5.74) is 1.65. The number of benzene rings is 2. The minimum atomic E-state index is -0.0859. The fourth-order valence-corrected chi connectivity index (χ4v) is 3.36. The van der Waals surface area contributed by atoms with Crippen molar-refractivity contribution in [1.82, 2.24) is 0 Å². The SMILES string of the molecule is COc1ccc(Cl)cc1NC(=O)CCSCc1ccc(Cl)c(Cl)c1. The number of carbonyl (C=O) groups excluding carboxylic acids is 1. The average molecular weight is 405 g/mol. The van der Waals surface area contributed by atoms with Crippen molar-refractivity contribution in [2.45, 2.75) is 12.2 Å². The Bertz CT molecular complexity index is 725. The number of nitrogens with one attached hydrogen (secondary N) is 1. The Kier molecular flexibility index (Phi) is 7.56. The van der Waals surface area contributed by atoms with Gasteiger partial charge in [-0.1, -0.05) is 40.9 Å². The first-order valence-electron chi connectivity index (χ1n) is 7.14. The Morgan fingerprint density at radius 2 is 1.92 bits per heavy atom. The van der Waals surface area contributed by atoms with Crippen LogP contribution in [0.25, 0.3) is 0 Å². The molecule has 0 aromatic heterocycles. The van der Waals surface area contributed by atoms with Crippen LogP contribution >= 0.6 is 46.6 Å². The van der Waals surface area contributed by atoms with Crippen molar-refractivity contribution in [3.63, 3.8) is 0 Å². The first-order chi connectivity index (χ1) is 11.5. The lowest BCUT2D eigenvalue weighted by Gasteiger charge is -2.10. The van der Waals surface area contributed by atoms with E-state index in [4.69, 9.17) is 39.5 Å². The zero-order valence-corrected chi connectivity index (χ0v) is 16.0. The van der Waals surface area contributed by atoms with Gasteiger partial charge < -0.3 is 10.1 Å². The van der Waals surface area contributed by atoms with Gasteiger partial charge >= 0.3 is 0 Å². The highest BCUT2D eigenvalue weighted by atomic mass is 35.5. The maximum Gasteiger partial charge on any atom is 0.225 e. The Labute approximate surface area is 160 Å². The van der Waals surface area contributed by atoms with Crippen LogP contribution in [0, 0.1) is 0 Å². The standard InChI is InChI=1S/C17H16Cl3NO2S/c1-23-16-5-3-12(18)9-15(16)21-17(22)6-7-24-10-11-2-4-13(19)14(20)8-11/h2-5,8-9H,6-7,10H2,1H3,(H,21,22). The van der Waals surface area contributed by atoms with Gasteiger partial charge in [0.25, 0.3) is 0 Å². The molecule has 0 spiro atoms. The van der Waals surface area contributed by atoms with E-state index >= 15 is 0 Å². The van der Waals surface area contributed by atoms with E-state index in [0.717, 1.165) is 11.3 Å². The second kappa shape index (κ2) is 9.42. The fraction of sp³-hybridized carbons (Fsp3) is 0.235. The molecule has 2 aromatic carbocycles. The molecule has 0 aliphatic carbocycles. The van der Waals surface area contributed by atoms with Crippen molar-refractivity contribution in [3.8, 4) is 5.75 Å². The number of amides is 1. The molecule has 0 heterocycles. The van der Waals surface area contributed by atoms with E-state index in [9.17, 15) is 4.79 Å². The zero-order chi connectivity index (χ0) is 17.5. The summed E-state index contributed by atoms with van der Waals surface area (Å²) in [5.74, 6) is 1.95. The lowest BCUT2D eigenvalue weighted by molar-refractivity contribution is -0.115. The molecule has 2 aromatic rings. The summed E-state index contributed by atoms with van der Waals surface area (Å²) in [4.78, 5) is 12.0. The fourth-order valence-electron chi connectivity index (χ4n) is 1.97. The van der Waals surface area contributed by atoms with E-state index in [1.807, 2.05) is 12.1 Å². The van der Waals surface area contributed by atoms with Gasteiger partial charge in [-0.3, -0.25) is 4.79 Å². The molecule has 3 nitrogen and oxygen atoms in total. The van der Waals surface area contributed by atoms with Gasteiger partial charge in [0.15, 0.2) is 0 Å². The first kappa shape index (κ1) is 19.3. The molecule has 1 amide bonds. The Balaban J connectivity index is 1.79. The van der Waals surface area contributed by atoms with Crippen molar-refractivity contribution in [3.05, 3.63) is 57.0 Å². The molecular formula is C17H16Cl3NO2S. The normalized spacial score (nSPS) is 10.5. The van der Waals surface area contributed by atoms with Crippen LogP contribution < -0.4 is 10.1 Å². The van der Waals surface area contributed by atoms with Gasteiger partial charge in [-0.05, 0) is 35.9 Å². The van der Waals surface area contributed by atoms with E-state index in [0.29, 0.717) is 38.7 Å². The van der Waals surface area contributed by atoms with E-state index in [1.165, 1.54) is 0 Å². The maximum atomic E-state index is 12.0. The van der Waals surface area contributed by atoms with Gasteiger partial charge in [0.2, 0.25) is 5.91 Å². The van der Waals surface area contributed by atoms with Crippen LogP contribution in [0.1, 0.15) is 12.0 Å². The number of rotatable bonds is 7. The third kappa shape index (κ3) is 5.78. The molecule has 0 unspecified atom stereocenters. The molecule has 128 valence electrons. The molecule has 7 heteroatoms. The van der Waals surface area contributed by atoms with Crippen molar-refractivity contribution < 1.29 is 9.53 Å². The highest BCUT2D eigenvalue weighted by Gasteiger charge is 2.08. The first-order valence-corrected chi connectivity index (χ1v) is 9.43. The predicted octanol–water partition coefficient (Wildman–Crippen LogP) is 5.92. The van der Waals surface area contributed by atoms with Crippen molar-refractivity contribution >= 4 is 58.2 Å². The van der Waals surface area contributed by atoms with Crippen LogP contribution in [0.2, 0.25) is 15.1 Å². The van der Waals surface area contributed by atoms with Crippen LogP contribution in [0.15, 0.2) is 36.4 Å². The lowest BCUT2D eigenvalue weighted by atomic mass is 10.2. The summed E-state index contributed by atoms with van der Waals surface area (Å²) >= 11 is 19.5. The highest BCUT2D eigenvalue weighted by molar-refractivity contribution is 7.98. The summed E-state index contributed by atoms with van der Waals surface area (Å²) in [6, 6.07) is 10.6. The number of ether oxygens (including phenoxy) is 1. The molecule has 0 radical (unpaired) electrons. The largest absolute Gasteiger partial charge is 0.495 e. The zero-order valence-electron chi connectivity index (χ0n) is 12.9. The Morgan fingerprint density at radius 1 is 1.12 bits per heavy atom. The molecule has 0 aliphatic heterocycles. The minimum Gasteiger partial charge on any atom is -0.495 e. The monoisotopic (exact) mass is 403 g/mol. The number of anilines is 1. The van der Waals surface area contributed by atoms with E-state index in [-0.39, 0.29) is 5.91 Å². The van der Waals surface area contributed by atoms with Crippen LogP contribution in [-0.2, 0) is 10.5 Å². The second-order valence-electron chi connectivity index (χ2n) is 4.94. The molecule has 0 saturated carbocycles. The molecule has 2 rings (SSSR count). The molecule has 0 fully saturated rings. The molecule has 0 atom stereocenters. The number of carbonyl (C=O) groups is 1. The Morgan fingerprint density at radius 3 is 2.62 bits per heavy atom. The van der Waals surface area contributed by atoms with Crippen molar-refractivity contribution in [2.75, 3.05) is 18.2 Å². The van der Waals surface area contributed by atoms with Crippen molar-refractivity contribution in [1.29, 1.82) is 0 Å². The van der Waals surface area contributed by atoms with Crippen LogP contribution in [0.4, 0.5) is 5.69 Å². The van der Waals surface area contributed by atoms with Gasteiger partial charge in [-0.25, -0.2) is 0 Å². The van der Waals surface area contributed by atoms with Gasteiger partial charge in [-0.15, -0.1) is 0 Å². The molecule has 0 saturated heterocycles. The lowest BCUT2D eigenvalue weighted by Crippen LogP contribution is -2.13. The quantitative estimate of drug-likeness (QED) is 0.582. The summed E-state index contributed by atoms with van der Waals surface area (Å²) in [6.07, 6.45) is 0.391. The van der Waals surface area contributed by atoms with Crippen LogP contribution in [0.5, 0.6) is 5.75 Å². The number of hydrogen-bond acceptors (Lipinski definition) is 3. The third-order valence-corrected chi connectivity index (χ3v) is 5.17.